The number of pyridine rings is 1. The number of anilines is 1. The molecule has 20 heavy (non-hydrogen) atoms. The number of benzene rings is 1. The molecule has 100 valence electrons. The molecule has 0 radical (unpaired) electrons. The van der Waals surface area contributed by atoms with Gasteiger partial charge in [-0.15, -0.1) is 0 Å². The summed E-state index contributed by atoms with van der Waals surface area (Å²) in [6.45, 7) is 4.21. The highest BCUT2D eigenvalue weighted by atomic mass is 15.0. The molecule has 0 aliphatic heterocycles. The molecule has 0 fully saturated rings. The Bertz CT molecular complexity index is 742. The van der Waals surface area contributed by atoms with Gasteiger partial charge in [-0.3, -0.25) is 4.98 Å². The van der Waals surface area contributed by atoms with E-state index in [-0.39, 0.29) is 0 Å². The molecule has 2 aromatic heterocycles. The minimum absolute atomic E-state index is 0.777. The first-order chi connectivity index (χ1) is 9.66. The molecule has 2 heterocycles. The van der Waals surface area contributed by atoms with E-state index >= 15 is 0 Å². The van der Waals surface area contributed by atoms with Crippen molar-refractivity contribution in [2.75, 3.05) is 5.73 Å². The lowest BCUT2D eigenvalue weighted by molar-refractivity contribution is 1.01. The van der Waals surface area contributed by atoms with Crippen LogP contribution in [0.15, 0.2) is 54.9 Å². The summed E-state index contributed by atoms with van der Waals surface area (Å²) in [5.41, 5.74) is 12.5. The van der Waals surface area contributed by atoms with Gasteiger partial charge < -0.3 is 10.3 Å². The number of hydrogen-bond acceptors (Lipinski definition) is 2. The van der Waals surface area contributed by atoms with Gasteiger partial charge in [0.15, 0.2) is 0 Å². The van der Waals surface area contributed by atoms with Gasteiger partial charge in [-0.25, -0.2) is 0 Å². The Morgan fingerprint density at radius 1 is 0.950 bits per heavy atom. The smallest absolute Gasteiger partial charge is 0.0532 e. The summed E-state index contributed by atoms with van der Waals surface area (Å²) in [4.78, 5) is 4.08. The van der Waals surface area contributed by atoms with Crippen molar-refractivity contribution in [1.82, 2.24) is 9.55 Å². The monoisotopic (exact) mass is 263 g/mol. The second-order valence-electron chi connectivity index (χ2n) is 4.98. The number of nitrogens with two attached hydrogens (primary N) is 1. The summed E-state index contributed by atoms with van der Waals surface area (Å²) in [5, 5.41) is 0. The molecule has 1 aromatic carbocycles. The van der Waals surface area contributed by atoms with E-state index in [1.165, 1.54) is 11.3 Å². The van der Waals surface area contributed by atoms with Crippen LogP contribution in [0.25, 0.3) is 16.9 Å². The Balaban J connectivity index is 2.24. The highest BCUT2D eigenvalue weighted by Crippen LogP contribution is 2.28. The normalized spacial score (nSPS) is 10.7. The molecular formula is C17H17N3. The van der Waals surface area contributed by atoms with Crippen LogP contribution in [0.4, 0.5) is 5.69 Å². The van der Waals surface area contributed by atoms with Crippen molar-refractivity contribution >= 4 is 5.69 Å². The molecule has 0 spiro atoms. The maximum atomic E-state index is 5.95. The number of rotatable bonds is 2. The quantitative estimate of drug-likeness (QED) is 0.716. The van der Waals surface area contributed by atoms with Crippen LogP contribution in [0.3, 0.4) is 0 Å². The molecule has 0 aliphatic rings. The van der Waals surface area contributed by atoms with E-state index in [9.17, 15) is 0 Å². The van der Waals surface area contributed by atoms with Crippen LogP contribution in [0.5, 0.6) is 0 Å². The molecule has 3 heteroatoms. The van der Waals surface area contributed by atoms with Crippen LogP contribution in [0.1, 0.15) is 11.3 Å². The average Bonchev–Trinajstić information content (AvgIpc) is 2.84. The van der Waals surface area contributed by atoms with Gasteiger partial charge in [0, 0.05) is 29.3 Å². The third-order valence-corrected chi connectivity index (χ3v) is 3.53. The Morgan fingerprint density at radius 3 is 2.45 bits per heavy atom. The van der Waals surface area contributed by atoms with Crippen molar-refractivity contribution in [2.24, 2.45) is 0 Å². The molecule has 3 rings (SSSR count). The summed E-state index contributed by atoms with van der Waals surface area (Å²) in [6, 6.07) is 14.3. The van der Waals surface area contributed by atoms with Gasteiger partial charge >= 0.3 is 0 Å². The fraction of sp³-hybridized carbons (Fsp3) is 0.118. The van der Waals surface area contributed by atoms with E-state index in [4.69, 9.17) is 5.73 Å². The molecule has 0 unspecified atom stereocenters. The number of hydrogen-bond donors (Lipinski definition) is 1. The van der Waals surface area contributed by atoms with Crippen molar-refractivity contribution in [3.8, 4) is 16.9 Å². The second-order valence-corrected chi connectivity index (χ2v) is 4.98. The maximum Gasteiger partial charge on any atom is 0.0532 e. The first-order valence-electron chi connectivity index (χ1n) is 6.62. The van der Waals surface area contributed by atoms with Crippen LogP contribution >= 0.6 is 0 Å². The predicted molar refractivity (Wildman–Crippen MR) is 82.9 cm³/mol. The Hall–Kier alpha value is -2.55. The Kier molecular flexibility index (Phi) is 3.03. The highest BCUT2D eigenvalue weighted by molar-refractivity contribution is 5.66. The minimum atomic E-state index is 0.777. The van der Waals surface area contributed by atoms with E-state index in [1.807, 2.05) is 36.7 Å². The van der Waals surface area contributed by atoms with Crippen molar-refractivity contribution in [2.45, 2.75) is 13.8 Å². The molecule has 3 aromatic rings. The molecule has 0 saturated heterocycles. The number of aromatic nitrogens is 2. The molecule has 3 nitrogen and oxygen atoms in total. The standard InChI is InChI=1S/C17H17N3/c1-12-3-5-15(18)11-17(12)20-13(2)4-6-16(20)14-7-9-19-10-8-14/h3-11H,18H2,1-2H3. The van der Waals surface area contributed by atoms with Crippen LogP contribution in [0, 0.1) is 13.8 Å². The summed E-state index contributed by atoms with van der Waals surface area (Å²) in [6.07, 6.45) is 3.63. The summed E-state index contributed by atoms with van der Waals surface area (Å²) >= 11 is 0. The topological polar surface area (TPSA) is 43.8 Å². The number of aryl methyl sites for hydroxylation is 2. The first kappa shape index (κ1) is 12.5. The fourth-order valence-electron chi connectivity index (χ4n) is 2.47. The van der Waals surface area contributed by atoms with Crippen LogP contribution in [-0.4, -0.2) is 9.55 Å². The molecule has 2 N–H and O–H groups in total. The van der Waals surface area contributed by atoms with Gasteiger partial charge in [0.2, 0.25) is 0 Å². The lowest BCUT2D eigenvalue weighted by Crippen LogP contribution is -2.02. The highest BCUT2D eigenvalue weighted by Gasteiger charge is 2.11. The largest absolute Gasteiger partial charge is 0.399 e. The van der Waals surface area contributed by atoms with E-state index in [2.05, 4.69) is 41.6 Å². The van der Waals surface area contributed by atoms with Gasteiger partial charge in [-0.05, 0) is 55.8 Å². The first-order valence-corrected chi connectivity index (χ1v) is 6.62. The van der Waals surface area contributed by atoms with Crippen molar-refractivity contribution in [3.05, 3.63) is 66.1 Å². The predicted octanol–water partition coefficient (Wildman–Crippen LogP) is 3.74. The fourth-order valence-corrected chi connectivity index (χ4v) is 2.47. The average molecular weight is 263 g/mol. The third-order valence-electron chi connectivity index (χ3n) is 3.53. The van der Waals surface area contributed by atoms with E-state index in [0.29, 0.717) is 0 Å². The summed E-state index contributed by atoms with van der Waals surface area (Å²) in [7, 11) is 0. The second kappa shape index (κ2) is 4.85. The van der Waals surface area contributed by atoms with Crippen molar-refractivity contribution in [1.29, 1.82) is 0 Å². The number of nitrogen functional groups attached to an aromatic ring is 1. The third kappa shape index (κ3) is 2.07. The molecule has 0 aliphatic carbocycles. The van der Waals surface area contributed by atoms with E-state index < -0.39 is 0 Å². The Morgan fingerprint density at radius 2 is 1.70 bits per heavy atom. The SMILES string of the molecule is Cc1ccc(N)cc1-n1c(C)ccc1-c1ccncc1. The molecular weight excluding hydrogens is 246 g/mol. The van der Waals surface area contributed by atoms with Crippen LogP contribution < -0.4 is 5.73 Å². The van der Waals surface area contributed by atoms with Gasteiger partial charge in [0.05, 0.1) is 11.4 Å². The van der Waals surface area contributed by atoms with Crippen LogP contribution in [-0.2, 0) is 0 Å². The zero-order chi connectivity index (χ0) is 14.1. The minimum Gasteiger partial charge on any atom is -0.399 e. The van der Waals surface area contributed by atoms with Crippen molar-refractivity contribution < 1.29 is 0 Å². The number of nitrogens with zero attached hydrogens (tertiary/aromatic N) is 2. The summed E-state index contributed by atoms with van der Waals surface area (Å²) < 4.78 is 2.24. The maximum absolute atomic E-state index is 5.95. The zero-order valence-corrected chi connectivity index (χ0v) is 11.7. The van der Waals surface area contributed by atoms with Gasteiger partial charge in [0.1, 0.15) is 0 Å². The molecule has 0 amide bonds. The molecule has 0 atom stereocenters. The lowest BCUT2D eigenvalue weighted by atomic mass is 10.1. The van der Waals surface area contributed by atoms with Crippen molar-refractivity contribution in [3.63, 3.8) is 0 Å². The van der Waals surface area contributed by atoms with Gasteiger partial charge in [-0.1, -0.05) is 6.07 Å². The summed E-state index contributed by atoms with van der Waals surface area (Å²) in [5.74, 6) is 0. The van der Waals surface area contributed by atoms with E-state index in [1.54, 1.807) is 0 Å². The molecule has 0 bridgehead atoms. The van der Waals surface area contributed by atoms with Gasteiger partial charge in [0.25, 0.3) is 0 Å². The van der Waals surface area contributed by atoms with Gasteiger partial charge in [-0.2, -0.15) is 0 Å². The van der Waals surface area contributed by atoms with E-state index in [0.717, 1.165) is 22.6 Å². The lowest BCUT2D eigenvalue weighted by Gasteiger charge is -2.15. The Labute approximate surface area is 118 Å². The molecule has 0 saturated carbocycles. The zero-order valence-electron chi connectivity index (χ0n) is 11.7. The van der Waals surface area contributed by atoms with Crippen LogP contribution in [0.2, 0.25) is 0 Å².